The molecule has 0 bridgehead atoms. The molecule has 0 aromatic carbocycles. The minimum Gasteiger partial charge on any atom is -0.373 e. The first-order chi connectivity index (χ1) is 6.65. The van der Waals surface area contributed by atoms with Gasteiger partial charge in [0, 0.05) is 6.61 Å². The van der Waals surface area contributed by atoms with Gasteiger partial charge in [0.05, 0.1) is 9.90 Å². The van der Waals surface area contributed by atoms with Crippen molar-refractivity contribution in [1.82, 2.24) is 0 Å². The van der Waals surface area contributed by atoms with Gasteiger partial charge in [0.15, 0.2) is 5.78 Å². The zero-order valence-electron chi connectivity index (χ0n) is 7.68. The highest BCUT2D eigenvalue weighted by Gasteiger charge is 2.13. The smallest absolute Gasteiger partial charge is 0.190 e. The lowest BCUT2D eigenvalue weighted by atomic mass is 10.2. The molecule has 1 aromatic heterocycles. The average Bonchev–Trinajstić information content (AvgIpc) is 2.45. The maximum atomic E-state index is 11.5. The molecule has 0 fully saturated rings. The molecule has 0 atom stereocenters. The molecular formula is C9H10Cl2O2S. The van der Waals surface area contributed by atoms with Gasteiger partial charge in [0.2, 0.25) is 0 Å². The summed E-state index contributed by atoms with van der Waals surface area (Å²) < 4.78 is 6.07. The molecule has 2 nitrogen and oxygen atoms in total. The Hall–Kier alpha value is -0.0900. The number of halogens is 2. The largest absolute Gasteiger partial charge is 0.373 e. The highest BCUT2D eigenvalue weighted by atomic mass is 35.5. The topological polar surface area (TPSA) is 26.3 Å². The van der Waals surface area contributed by atoms with Crippen molar-refractivity contribution in [2.45, 2.75) is 13.3 Å². The Labute approximate surface area is 96.8 Å². The average molecular weight is 253 g/mol. The first kappa shape index (κ1) is 12.0. The van der Waals surface area contributed by atoms with Gasteiger partial charge < -0.3 is 4.74 Å². The van der Waals surface area contributed by atoms with Crippen LogP contribution in [0.15, 0.2) is 6.07 Å². The Morgan fingerprint density at radius 1 is 1.57 bits per heavy atom. The number of rotatable bonds is 5. The second kappa shape index (κ2) is 5.71. The van der Waals surface area contributed by atoms with Crippen LogP contribution in [-0.4, -0.2) is 19.0 Å². The van der Waals surface area contributed by atoms with E-state index >= 15 is 0 Å². The third-order valence-electron chi connectivity index (χ3n) is 1.54. The highest BCUT2D eigenvalue weighted by Crippen LogP contribution is 2.31. The summed E-state index contributed by atoms with van der Waals surface area (Å²) >= 11 is 12.7. The van der Waals surface area contributed by atoms with E-state index in [1.165, 1.54) is 11.3 Å². The molecule has 14 heavy (non-hydrogen) atoms. The van der Waals surface area contributed by atoms with Gasteiger partial charge in [0.1, 0.15) is 10.9 Å². The number of hydrogen-bond donors (Lipinski definition) is 0. The predicted octanol–water partition coefficient (Wildman–Crippen LogP) is 3.66. The van der Waals surface area contributed by atoms with Gasteiger partial charge >= 0.3 is 0 Å². The van der Waals surface area contributed by atoms with E-state index in [9.17, 15) is 4.79 Å². The molecule has 78 valence electrons. The lowest BCUT2D eigenvalue weighted by Gasteiger charge is -2.00. The van der Waals surface area contributed by atoms with Gasteiger partial charge in [-0.15, -0.1) is 11.3 Å². The van der Waals surface area contributed by atoms with Crippen molar-refractivity contribution < 1.29 is 9.53 Å². The molecule has 0 N–H and O–H groups in total. The van der Waals surface area contributed by atoms with E-state index in [4.69, 9.17) is 27.9 Å². The zero-order valence-corrected chi connectivity index (χ0v) is 10.0. The van der Waals surface area contributed by atoms with Crippen LogP contribution in [0, 0.1) is 0 Å². The molecule has 0 unspecified atom stereocenters. The number of Topliss-reactive ketones (excluding diaryl/α,β-unsaturated/α-hetero) is 1. The van der Waals surface area contributed by atoms with Crippen molar-refractivity contribution in [1.29, 1.82) is 0 Å². The molecule has 0 aliphatic rings. The maximum absolute atomic E-state index is 11.5. The lowest BCUT2D eigenvalue weighted by molar-refractivity contribution is 0.0762. The van der Waals surface area contributed by atoms with Crippen LogP contribution in [-0.2, 0) is 4.74 Å². The summed E-state index contributed by atoms with van der Waals surface area (Å²) in [7, 11) is 0. The molecule has 0 amide bonds. The summed E-state index contributed by atoms with van der Waals surface area (Å²) in [6.45, 7) is 2.64. The highest BCUT2D eigenvalue weighted by molar-refractivity contribution is 7.20. The summed E-state index contributed by atoms with van der Waals surface area (Å²) in [5, 5.41) is 0. The molecule has 0 saturated heterocycles. The Morgan fingerprint density at radius 2 is 2.29 bits per heavy atom. The van der Waals surface area contributed by atoms with Crippen molar-refractivity contribution in [3.63, 3.8) is 0 Å². The molecule has 1 aromatic rings. The van der Waals surface area contributed by atoms with Crippen molar-refractivity contribution >= 4 is 40.3 Å². The van der Waals surface area contributed by atoms with Crippen molar-refractivity contribution in [2.24, 2.45) is 0 Å². The Kier molecular flexibility index (Phi) is 4.89. The minimum atomic E-state index is -0.119. The van der Waals surface area contributed by atoms with Gasteiger partial charge in [-0.2, -0.15) is 0 Å². The second-order valence-corrected chi connectivity index (χ2v) is 5.00. The van der Waals surface area contributed by atoms with Gasteiger partial charge in [-0.1, -0.05) is 30.1 Å². The quantitative estimate of drug-likeness (QED) is 0.591. The SMILES string of the molecule is CCCOCC(=O)c1cc(Cl)sc1Cl. The third kappa shape index (κ3) is 3.24. The Balaban J connectivity index is 2.56. The summed E-state index contributed by atoms with van der Waals surface area (Å²) in [6.07, 6.45) is 0.894. The fourth-order valence-electron chi connectivity index (χ4n) is 0.917. The summed E-state index contributed by atoms with van der Waals surface area (Å²) in [6, 6.07) is 1.58. The molecule has 0 radical (unpaired) electrons. The number of ether oxygens (including phenoxy) is 1. The van der Waals surface area contributed by atoms with Crippen LogP contribution in [0.3, 0.4) is 0 Å². The first-order valence-electron chi connectivity index (χ1n) is 4.21. The van der Waals surface area contributed by atoms with Crippen LogP contribution in [0.2, 0.25) is 8.67 Å². The summed E-state index contributed by atoms with van der Waals surface area (Å²) in [5.41, 5.74) is 0.456. The molecular weight excluding hydrogens is 243 g/mol. The minimum absolute atomic E-state index is 0.0701. The Bertz CT molecular complexity index is 323. The number of carbonyl (C=O) groups excluding carboxylic acids is 1. The van der Waals surface area contributed by atoms with E-state index in [2.05, 4.69) is 0 Å². The predicted molar refractivity (Wildman–Crippen MR) is 59.8 cm³/mol. The molecule has 0 saturated carbocycles. The fraction of sp³-hybridized carbons (Fsp3) is 0.444. The standard InChI is InChI=1S/C9H10Cl2O2S/c1-2-3-13-5-7(12)6-4-8(10)14-9(6)11/h4H,2-3,5H2,1H3. The monoisotopic (exact) mass is 252 g/mol. The molecule has 5 heteroatoms. The molecule has 1 heterocycles. The van der Waals surface area contributed by atoms with E-state index in [1.54, 1.807) is 6.07 Å². The number of carbonyl (C=O) groups is 1. The Morgan fingerprint density at radius 3 is 2.79 bits per heavy atom. The van der Waals surface area contributed by atoms with Gasteiger partial charge in [-0.25, -0.2) is 0 Å². The molecule has 1 rings (SSSR count). The van der Waals surface area contributed by atoms with Crippen LogP contribution in [0.25, 0.3) is 0 Å². The van der Waals surface area contributed by atoms with Crippen LogP contribution in [0.5, 0.6) is 0 Å². The molecule has 0 spiro atoms. The van der Waals surface area contributed by atoms with E-state index in [0.717, 1.165) is 6.42 Å². The summed E-state index contributed by atoms with van der Waals surface area (Å²) in [4.78, 5) is 11.5. The van der Waals surface area contributed by atoms with Crippen LogP contribution >= 0.6 is 34.5 Å². The normalized spacial score (nSPS) is 10.5. The third-order valence-corrected chi connectivity index (χ3v) is 3.03. The summed E-state index contributed by atoms with van der Waals surface area (Å²) in [5.74, 6) is -0.119. The van der Waals surface area contributed by atoms with Crippen LogP contribution in [0.1, 0.15) is 23.7 Å². The van der Waals surface area contributed by atoms with Gasteiger partial charge in [-0.3, -0.25) is 4.79 Å². The van der Waals surface area contributed by atoms with Gasteiger partial charge in [-0.05, 0) is 12.5 Å². The van der Waals surface area contributed by atoms with Crippen molar-refractivity contribution in [3.8, 4) is 0 Å². The van der Waals surface area contributed by atoms with E-state index in [0.29, 0.717) is 20.8 Å². The molecule has 0 aliphatic carbocycles. The maximum Gasteiger partial charge on any atom is 0.190 e. The molecule has 0 aliphatic heterocycles. The number of thiophene rings is 1. The van der Waals surface area contributed by atoms with Gasteiger partial charge in [0.25, 0.3) is 0 Å². The van der Waals surface area contributed by atoms with E-state index in [1.807, 2.05) is 6.92 Å². The van der Waals surface area contributed by atoms with Crippen molar-refractivity contribution in [3.05, 3.63) is 20.3 Å². The van der Waals surface area contributed by atoms with E-state index in [-0.39, 0.29) is 12.4 Å². The fourth-order valence-corrected chi connectivity index (χ4v) is 2.42. The van der Waals surface area contributed by atoms with Crippen LogP contribution in [0.4, 0.5) is 0 Å². The number of ketones is 1. The van der Waals surface area contributed by atoms with E-state index < -0.39 is 0 Å². The zero-order chi connectivity index (χ0) is 10.6. The van der Waals surface area contributed by atoms with Crippen LogP contribution < -0.4 is 0 Å². The second-order valence-electron chi connectivity index (χ2n) is 2.71. The number of hydrogen-bond acceptors (Lipinski definition) is 3. The lowest BCUT2D eigenvalue weighted by Crippen LogP contribution is -2.08. The van der Waals surface area contributed by atoms with Crippen molar-refractivity contribution in [2.75, 3.05) is 13.2 Å². The first-order valence-corrected chi connectivity index (χ1v) is 5.78.